The van der Waals surface area contributed by atoms with Crippen LogP contribution in [0.3, 0.4) is 0 Å². The summed E-state index contributed by atoms with van der Waals surface area (Å²) in [6, 6.07) is 7.16. The molecule has 128 valence electrons. The fourth-order valence-electron chi connectivity index (χ4n) is 2.35. The molecule has 0 saturated carbocycles. The highest BCUT2D eigenvalue weighted by Gasteiger charge is 2.15. The minimum absolute atomic E-state index is 0.0351. The molecule has 25 heavy (non-hydrogen) atoms. The van der Waals surface area contributed by atoms with Crippen LogP contribution in [-0.2, 0) is 0 Å². The highest BCUT2D eigenvalue weighted by Crippen LogP contribution is 2.35. The van der Waals surface area contributed by atoms with Crippen LogP contribution in [0.5, 0.6) is 17.2 Å². The quantitative estimate of drug-likeness (QED) is 0.692. The van der Waals surface area contributed by atoms with Gasteiger partial charge in [-0.2, -0.15) is 0 Å². The number of primary amides is 1. The number of hydrogen-bond donors (Lipinski definition) is 2. The molecule has 0 aliphatic rings. The topological polar surface area (TPSA) is 100 Å². The monoisotopic (exact) mass is 361 g/mol. The standard InChI is InChI=1S/C17H13ClFN3O3/c1-24-15-7-13-9(6-10(15)17(21)23)14(2-3-22-13)25-8-4-11(18)16(20)12(19)5-8/h2-7H,20H2,1H3,(H2,21,23). The molecule has 3 aromatic rings. The predicted molar refractivity (Wildman–Crippen MR) is 92.7 cm³/mol. The summed E-state index contributed by atoms with van der Waals surface area (Å²) < 4.78 is 24.6. The maximum atomic E-state index is 13.7. The summed E-state index contributed by atoms with van der Waals surface area (Å²) in [5.74, 6) is -0.558. The Hall–Kier alpha value is -3.06. The van der Waals surface area contributed by atoms with Crippen LogP contribution in [0.15, 0.2) is 36.5 Å². The molecule has 1 amide bonds. The number of nitrogen functional groups attached to an aromatic ring is 1. The average Bonchev–Trinajstić information content (AvgIpc) is 2.58. The first-order valence-electron chi connectivity index (χ1n) is 7.09. The first-order chi connectivity index (χ1) is 11.9. The zero-order chi connectivity index (χ0) is 18.1. The van der Waals surface area contributed by atoms with Crippen LogP contribution in [0.1, 0.15) is 10.4 Å². The number of hydrogen-bond acceptors (Lipinski definition) is 5. The van der Waals surface area contributed by atoms with E-state index >= 15 is 0 Å². The van der Waals surface area contributed by atoms with E-state index in [4.69, 9.17) is 32.5 Å². The first-order valence-corrected chi connectivity index (χ1v) is 7.47. The fourth-order valence-corrected chi connectivity index (χ4v) is 2.54. The van der Waals surface area contributed by atoms with E-state index in [-0.39, 0.29) is 22.0 Å². The van der Waals surface area contributed by atoms with E-state index in [1.54, 1.807) is 12.1 Å². The Morgan fingerprint density at radius 3 is 2.64 bits per heavy atom. The molecule has 8 heteroatoms. The third-order valence-electron chi connectivity index (χ3n) is 3.57. The van der Waals surface area contributed by atoms with Gasteiger partial charge < -0.3 is 20.9 Å². The fraction of sp³-hybridized carbons (Fsp3) is 0.0588. The second-order valence-electron chi connectivity index (χ2n) is 5.15. The van der Waals surface area contributed by atoms with Crippen molar-refractivity contribution in [1.29, 1.82) is 0 Å². The Bertz CT molecular complexity index is 971. The van der Waals surface area contributed by atoms with Gasteiger partial charge in [0.15, 0.2) is 5.82 Å². The Morgan fingerprint density at radius 1 is 1.24 bits per heavy atom. The van der Waals surface area contributed by atoms with Crippen LogP contribution in [0, 0.1) is 5.82 Å². The lowest BCUT2D eigenvalue weighted by molar-refractivity contribution is 0.0997. The van der Waals surface area contributed by atoms with E-state index < -0.39 is 11.7 Å². The van der Waals surface area contributed by atoms with Crippen molar-refractivity contribution < 1.29 is 18.7 Å². The van der Waals surface area contributed by atoms with E-state index in [2.05, 4.69) is 4.98 Å². The number of nitrogens with two attached hydrogens (primary N) is 2. The molecule has 2 aromatic carbocycles. The Balaban J connectivity index is 2.13. The van der Waals surface area contributed by atoms with E-state index in [0.717, 1.165) is 6.07 Å². The van der Waals surface area contributed by atoms with Gasteiger partial charge in [-0.05, 0) is 12.1 Å². The van der Waals surface area contributed by atoms with Gasteiger partial charge in [0.25, 0.3) is 5.91 Å². The van der Waals surface area contributed by atoms with Gasteiger partial charge in [-0.1, -0.05) is 11.6 Å². The molecule has 0 spiro atoms. The normalized spacial score (nSPS) is 10.7. The third kappa shape index (κ3) is 3.14. The number of methoxy groups -OCH3 is 1. The lowest BCUT2D eigenvalue weighted by Crippen LogP contribution is -2.12. The number of ether oxygens (including phenoxy) is 2. The Labute approximate surface area is 147 Å². The summed E-state index contributed by atoms with van der Waals surface area (Å²) in [4.78, 5) is 15.8. The Kier molecular flexibility index (Phi) is 4.33. The maximum absolute atomic E-state index is 13.7. The predicted octanol–water partition coefficient (Wildman–Crippen LogP) is 3.51. The number of rotatable bonds is 4. The number of halogens is 2. The maximum Gasteiger partial charge on any atom is 0.252 e. The smallest absolute Gasteiger partial charge is 0.252 e. The largest absolute Gasteiger partial charge is 0.496 e. The summed E-state index contributed by atoms with van der Waals surface area (Å²) in [6.45, 7) is 0. The molecule has 0 fully saturated rings. The highest BCUT2D eigenvalue weighted by atomic mass is 35.5. The number of amides is 1. The zero-order valence-corrected chi connectivity index (χ0v) is 13.8. The van der Waals surface area contributed by atoms with E-state index in [1.807, 2.05) is 0 Å². The minimum atomic E-state index is -0.694. The van der Waals surface area contributed by atoms with Gasteiger partial charge >= 0.3 is 0 Å². The number of carbonyl (C=O) groups excluding carboxylic acids is 1. The SMILES string of the molecule is COc1cc2nccc(Oc3cc(F)c(N)c(Cl)c3)c2cc1C(N)=O. The van der Waals surface area contributed by atoms with Gasteiger partial charge in [-0.15, -0.1) is 0 Å². The van der Waals surface area contributed by atoms with Crippen LogP contribution in [0.2, 0.25) is 5.02 Å². The lowest BCUT2D eigenvalue weighted by atomic mass is 10.1. The molecule has 0 unspecified atom stereocenters. The molecule has 1 heterocycles. The molecule has 3 rings (SSSR count). The van der Waals surface area contributed by atoms with Crippen LogP contribution < -0.4 is 20.9 Å². The van der Waals surface area contributed by atoms with Gasteiger partial charge in [0.1, 0.15) is 17.2 Å². The van der Waals surface area contributed by atoms with Gasteiger partial charge in [-0.25, -0.2) is 4.39 Å². The molecule has 0 aliphatic heterocycles. The van der Waals surface area contributed by atoms with Crippen molar-refractivity contribution in [2.75, 3.05) is 12.8 Å². The van der Waals surface area contributed by atoms with Crippen molar-refractivity contribution >= 4 is 34.1 Å². The van der Waals surface area contributed by atoms with Crippen LogP contribution in [0.25, 0.3) is 10.9 Å². The molecule has 0 saturated heterocycles. The molecule has 6 nitrogen and oxygen atoms in total. The summed E-state index contributed by atoms with van der Waals surface area (Å²) in [5, 5.41) is 0.540. The van der Waals surface area contributed by atoms with Gasteiger partial charge in [0.2, 0.25) is 0 Å². The van der Waals surface area contributed by atoms with Crippen LogP contribution in [0.4, 0.5) is 10.1 Å². The van der Waals surface area contributed by atoms with Crippen molar-refractivity contribution in [3.05, 3.63) is 52.9 Å². The first kappa shape index (κ1) is 16.8. The summed E-state index contributed by atoms with van der Waals surface area (Å²) in [6.07, 6.45) is 1.51. The van der Waals surface area contributed by atoms with Crippen molar-refractivity contribution in [2.24, 2.45) is 5.73 Å². The summed E-state index contributed by atoms with van der Waals surface area (Å²) in [5.41, 5.74) is 11.4. The summed E-state index contributed by atoms with van der Waals surface area (Å²) >= 11 is 5.87. The van der Waals surface area contributed by atoms with Crippen LogP contribution in [-0.4, -0.2) is 18.0 Å². The number of nitrogens with zero attached hydrogens (tertiary/aromatic N) is 1. The van der Waals surface area contributed by atoms with Gasteiger partial charge in [0.05, 0.1) is 28.9 Å². The van der Waals surface area contributed by atoms with Crippen LogP contribution >= 0.6 is 11.6 Å². The van der Waals surface area contributed by atoms with E-state index in [9.17, 15) is 9.18 Å². The number of pyridine rings is 1. The van der Waals surface area contributed by atoms with Crippen molar-refractivity contribution in [3.8, 4) is 17.2 Å². The number of carbonyl (C=O) groups is 1. The molecule has 4 N–H and O–H groups in total. The minimum Gasteiger partial charge on any atom is -0.496 e. The molecule has 1 aromatic heterocycles. The third-order valence-corrected chi connectivity index (χ3v) is 3.88. The number of anilines is 1. The molecule has 0 atom stereocenters. The van der Waals surface area contributed by atoms with Crippen molar-refractivity contribution in [1.82, 2.24) is 4.98 Å². The van der Waals surface area contributed by atoms with Gasteiger partial charge in [-0.3, -0.25) is 9.78 Å². The molecule has 0 bridgehead atoms. The van der Waals surface area contributed by atoms with Gasteiger partial charge in [0, 0.05) is 29.8 Å². The number of benzene rings is 2. The summed E-state index contributed by atoms with van der Waals surface area (Å²) in [7, 11) is 1.42. The number of aromatic nitrogens is 1. The zero-order valence-electron chi connectivity index (χ0n) is 13.0. The molecular weight excluding hydrogens is 349 g/mol. The van der Waals surface area contributed by atoms with Crippen molar-refractivity contribution in [2.45, 2.75) is 0 Å². The Morgan fingerprint density at radius 2 is 2.00 bits per heavy atom. The van der Waals surface area contributed by atoms with Crippen molar-refractivity contribution in [3.63, 3.8) is 0 Å². The second-order valence-corrected chi connectivity index (χ2v) is 5.55. The molecule has 0 aliphatic carbocycles. The highest BCUT2D eigenvalue weighted by molar-refractivity contribution is 6.33. The van der Waals surface area contributed by atoms with E-state index in [0.29, 0.717) is 22.4 Å². The second kappa shape index (κ2) is 6.45. The lowest BCUT2D eigenvalue weighted by Gasteiger charge is -2.12. The molecular formula is C17H13ClFN3O3. The molecule has 0 radical (unpaired) electrons. The average molecular weight is 362 g/mol. The van der Waals surface area contributed by atoms with E-state index in [1.165, 1.54) is 25.4 Å². The number of fused-ring (bicyclic) bond motifs is 1.